The van der Waals surface area contributed by atoms with Crippen LogP contribution in [0.15, 0.2) is 48.5 Å². The summed E-state index contributed by atoms with van der Waals surface area (Å²) in [6.45, 7) is 2.17. The first-order valence-corrected chi connectivity index (χ1v) is 8.24. The summed E-state index contributed by atoms with van der Waals surface area (Å²) in [4.78, 5) is 23.3. The zero-order chi connectivity index (χ0) is 17.1. The molecule has 124 valence electrons. The van der Waals surface area contributed by atoms with Crippen LogP contribution in [-0.4, -0.2) is 17.0 Å². The van der Waals surface area contributed by atoms with Gasteiger partial charge in [0.05, 0.1) is 18.0 Å². The van der Waals surface area contributed by atoms with E-state index < -0.39 is 5.97 Å². The number of rotatable bonds is 4. The van der Waals surface area contributed by atoms with E-state index in [9.17, 15) is 9.59 Å². The highest BCUT2D eigenvalue weighted by Gasteiger charge is 2.27. The quantitative estimate of drug-likeness (QED) is 0.906. The van der Waals surface area contributed by atoms with Gasteiger partial charge >= 0.3 is 5.97 Å². The summed E-state index contributed by atoms with van der Waals surface area (Å²) < 4.78 is 0. The van der Waals surface area contributed by atoms with E-state index in [2.05, 4.69) is 24.4 Å². The van der Waals surface area contributed by atoms with Gasteiger partial charge in [-0.15, -0.1) is 0 Å². The summed E-state index contributed by atoms with van der Waals surface area (Å²) in [5.74, 6) is -0.594. The second-order valence-corrected chi connectivity index (χ2v) is 6.44. The largest absolute Gasteiger partial charge is 0.478 e. The maximum atomic E-state index is 12.4. The minimum absolute atomic E-state index is 0.0355. The van der Waals surface area contributed by atoms with Crippen LogP contribution in [0.5, 0.6) is 0 Å². The Morgan fingerprint density at radius 2 is 1.83 bits per heavy atom. The first-order valence-electron chi connectivity index (χ1n) is 8.24. The molecule has 4 heteroatoms. The number of carboxylic acids is 1. The highest BCUT2D eigenvalue weighted by molar-refractivity contribution is 5.87. The second-order valence-electron chi connectivity index (χ2n) is 6.44. The lowest BCUT2D eigenvalue weighted by Crippen LogP contribution is -2.36. The van der Waals surface area contributed by atoms with Gasteiger partial charge in [-0.05, 0) is 47.6 Å². The molecule has 0 bridgehead atoms. The minimum atomic E-state index is -0.960. The number of fused-ring (bicyclic) bond motifs is 1. The number of aryl methyl sites for hydroxylation is 1. The van der Waals surface area contributed by atoms with Gasteiger partial charge in [-0.2, -0.15) is 0 Å². The molecular formula is C20H21NO3. The molecule has 0 spiro atoms. The van der Waals surface area contributed by atoms with Crippen LogP contribution in [-0.2, 0) is 17.6 Å². The molecule has 2 aromatic rings. The molecule has 0 heterocycles. The maximum absolute atomic E-state index is 12.4. The fraction of sp³-hybridized carbons (Fsp3) is 0.300. The predicted octanol–water partition coefficient (Wildman–Crippen LogP) is 3.37. The van der Waals surface area contributed by atoms with E-state index in [4.69, 9.17) is 5.11 Å². The van der Waals surface area contributed by atoms with Gasteiger partial charge in [0.15, 0.2) is 0 Å². The van der Waals surface area contributed by atoms with Gasteiger partial charge in [0.1, 0.15) is 0 Å². The average molecular weight is 323 g/mol. The van der Waals surface area contributed by atoms with Crippen LogP contribution in [0.2, 0.25) is 0 Å². The number of aromatic carboxylic acids is 1. The Morgan fingerprint density at radius 1 is 1.12 bits per heavy atom. The van der Waals surface area contributed by atoms with Crippen molar-refractivity contribution < 1.29 is 14.7 Å². The number of amides is 1. The molecular weight excluding hydrogens is 302 g/mol. The molecule has 4 nitrogen and oxygen atoms in total. The third-order valence-electron chi connectivity index (χ3n) is 4.71. The molecule has 0 saturated heterocycles. The summed E-state index contributed by atoms with van der Waals surface area (Å²) in [6, 6.07) is 14.8. The van der Waals surface area contributed by atoms with Crippen molar-refractivity contribution in [2.45, 2.75) is 32.2 Å². The Hall–Kier alpha value is -2.62. The fourth-order valence-corrected chi connectivity index (χ4v) is 3.32. The SMILES string of the molecule is CC1CCc2ccccc2C1NC(=O)Cc1ccc(C(=O)O)cc1. The smallest absolute Gasteiger partial charge is 0.335 e. The lowest BCUT2D eigenvalue weighted by atomic mass is 9.80. The number of hydrogen-bond donors (Lipinski definition) is 2. The first-order chi connectivity index (χ1) is 11.5. The predicted molar refractivity (Wildman–Crippen MR) is 91.9 cm³/mol. The lowest BCUT2D eigenvalue weighted by molar-refractivity contribution is -0.121. The second kappa shape index (κ2) is 6.87. The van der Waals surface area contributed by atoms with Crippen molar-refractivity contribution in [2.24, 2.45) is 5.92 Å². The third kappa shape index (κ3) is 3.48. The van der Waals surface area contributed by atoms with E-state index in [0.29, 0.717) is 5.92 Å². The maximum Gasteiger partial charge on any atom is 0.335 e. The van der Waals surface area contributed by atoms with Gasteiger partial charge in [0.2, 0.25) is 5.91 Å². The number of benzene rings is 2. The number of hydrogen-bond acceptors (Lipinski definition) is 2. The zero-order valence-corrected chi connectivity index (χ0v) is 13.7. The van der Waals surface area contributed by atoms with Crippen LogP contribution >= 0.6 is 0 Å². The Balaban J connectivity index is 1.69. The first kappa shape index (κ1) is 16.2. The zero-order valence-electron chi connectivity index (χ0n) is 13.7. The Labute approximate surface area is 141 Å². The highest BCUT2D eigenvalue weighted by atomic mass is 16.4. The summed E-state index contributed by atoms with van der Waals surface area (Å²) in [5.41, 5.74) is 3.57. The minimum Gasteiger partial charge on any atom is -0.478 e. The molecule has 0 aromatic heterocycles. The van der Waals surface area contributed by atoms with E-state index in [1.165, 1.54) is 23.3 Å². The summed E-state index contributed by atoms with van der Waals surface area (Å²) in [7, 11) is 0. The number of carboxylic acid groups (broad SMARTS) is 1. The molecule has 2 aromatic carbocycles. The van der Waals surface area contributed by atoms with Crippen LogP contribution in [0.3, 0.4) is 0 Å². The summed E-state index contributed by atoms with van der Waals surface area (Å²) in [5, 5.41) is 12.1. The van der Waals surface area contributed by atoms with E-state index in [1.54, 1.807) is 12.1 Å². The number of nitrogens with one attached hydrogen (secondary N) is 1. The molecule has 24 heavy (non-hydrogen) atoms. The lowest BCUT2D eigenvalue weighted by Gasteiger charge is -2.32. The van der Waals surface area contributed by atoms with E-state index >= 15 is 0 Å². The molecule has 0 aliphatic heterocycles. The van der Waals surface area contributed by atoms with Crippen molar-refractivity contribution in [2.75, 3.05) is 0 Å². The standard InChI is InChI=1S/C20H21NO3/c1-13-6-9-15-4-2-3-5-17(15)19(13)21-18(22)12-14-7-10-16(11-8-14)20(23)24/h2-5,7-8,10-11,13,19H,6,9,12H2,1H3,(H,21,22)(H,23,24). The fourth-order valence-electron chi connectivity index (χ4n) is 3.32. The summed E-state index contributed by atoms with van der Waals surface area (Å²) in [6.07, 6.45) is 2.38. The van der Waals surface area contributed by atoms with E-state index in [-0.39, 0.29) is 23.9 Å². The van der Waals surface area contributed by atoms with Crippen LogP contribution in [0, 0.1) is 5.92 Å². The topological polar surface area (TPSA) is 66.4 Å². The molecule has 1 aliphatic rings. The third-order valence-corrected chi connectivity index (χ3v) is 4.71. The molecule has 3 rings (SSSR count). The van der Waals surface area contributed by atoms with Crippen LogP contribution in [0.1, 0.15) is 46.4 Å². The average Bonchev–Trinajstić information content (AvgIpc) is 2.58. The monoisotopic (exact) mass is 323 g/mol. The molecule has 2 unspecified atom stereocenters. The molecule has 0 fully saturated rings. The van der Waals surface area contributed by atoms with Gasteiger partial charge in [0.25, 0.3) is 0 Å². The van der Waals surface area contributed by atoms with Crippen molar-refractivity contribution in [1.29, 1.82) is 0 Å². The van der Waals surface area contributed by atoms with Crippen LogP contribution in [0.4, 0.5) is 0 Å². The van der Waals surface area contributed by atoms with Crippen LogP contribution < -0.4 is 5.32 Å². The Bertz CT molecular complexity index is 752. The normalized spacial score (nSPS) is 19.4. The molecule has 2 atom stereocenters. The summed E-state index contributed by atoms with van der Waals surface area (Å²) >= 11 is 0. The van der Waals surface area contributed by atoms with E-state index in [1.807, 2.05) is 12.1 Å². The van der Waals surface area contributed by atoms with Gasteiger partial charge in [-0.1, -0.05) is 43.3 Å². The van der Waals surface area contributed by atoms with Crippen molar-refractivity contribution >= 4 is 11.9 Å². The van der Waals surface area contributed by atoms with E-state index in [0.717, 1.165) is 18.4 Å². The Kier molecular flexibility index (Phi) is 4.65. The van der Waals surface area contributed by atoms with Crippen molar-refractivity contribution in [3.8, 4) is 0 Å². The molecule has 1 amide bonds. The van der Waals surface area contributed by atoms with Crippen molar-refractivity contribution in [3.05, 3.63) is 70.8 Å². The molecule has 0 radical (unpaired) electrons. The van der Waals surface area contributed by atoms with Crippen molar-refractivity contribution in [3.63, 3.8) is 0 Å². The van der Waals surface area contributed by atoms with Gasteiger partial charge in [-0.25, -0.2) is 4.79 Å². The molecule has 2 N–H and O–H groups in total. The van der Waals surface area contributed by atoms with Crippen LogP contribution in [0.25, 0.3) is 0 Å². The van der Waals surface area contributed by atoms with Crippen molar-refractivity contribution in [1.82, 2.24) is 5.32 Å². The highest BCUT2D eigenvalue weighted by Crippen LogP contribution is 2.34. The molecule has 0 saturated carbocycles. The number of carbonyl (C=O) groups is 2. The molecule has 1 aliphatic carbocycles. The van der Waals surface area contributed by atoms with Gasteiger partial charge in [-0.3, -0.25) is 4.79 Å². The Morgan fingerprint density at radius 3 is 2.54 bits per heavy atom. The van der Waals surface area contributed by atoms with Gasteiger partial charge in [0, 0.05) is 0 Å². The number of carbonyl (C=O) groups excluding carboxylic acids is 1. The van der Waals surface area contributed by atoms with Gasteiger partial charge < -0.3 is 10.4 Å².